The van der Waals surface area contributed by atoms with Crippen molar-refractivity contribution in [3.05, 3.63) is 16.1 Å². The summed E-state index contributed by atoms with van der Waals surface area (Å²) in [7, 11) is 0. The highest BCUT2D eigenvalue weighted by Crippen LogP contribution is 2.30. The van der Waals surface area contributed by atoms with Crippen LogP contribution in [0.2, 0.25) is 10.0 Å². The number of aromatic nitrogens is 1. The zero-order valence-corrected chi connectivity index (χ0v) is 13.5. The van der Waals surface area contributed by atoms with Gasteiger partial charge in [-0.3, -0.25) is 0 Å². The fraction of sp³-hybridized carbons (Fsp3) is 0.667. The fourth-order valence-electron chi connectivity index (χ4n) is 2.78. The molecule has 0 radical (unpaired) electrons. The lowest BCUT2D eigenvalue weighted by molar-refractivity contribution is 0.491. The van der Waals surface area contributed by atoms with Gasteiger partial charge in [0, 0.05) is 13.1 Å². The predicted octanol–water partition coefficient (Wildman–Crippen LogP) is 5.20. The fourth-order valence-corrected chi connectivity index (χ4v) is 3.27. The van der Waals surface area contributed by atoms with E-state index < -0.39 is 0 Å². The molecule has 0 amide bonds. The van der Waals surface area contributed by atoms with Gasteiger partial charge in [0.25, 0.3) is 0 Å². The number of anilines is 2. The van der Waals surface area contributed by atoms with Gasteiger partial charge in [-0.05, 0) is 31.7 Å². The van der Waals surface area contributed by atoms with Gasteiger partial charge in [-0.1, -0.05) is 48.9 Å². The molecule has 0 atom stereocenters. The summed E-state index contributed by atoms with van der Waals surface area (Å²) in [6.45, 7) is 3.72. The lowest BCUT2D eigenvalue weighted by atomic mass is 10.0. The van der Waals surface area contributed by atoms with Crippen LogP contribution < -0.4 is 10.6 Å². The van der Waals surface area contributed by atoms with Gasteiger partial charge in [0.05, 0.1) is 10.0 Å². The van der Waals surface area contributed by atoms with Gasteiger partial charge in [-0.25, -0.2) is 4.98 Å². The molecular formula is C15H23Cl2N3. The summed E-state index contributed by atoms with van der Waals surface area (Å²) in [5, 5.41) is 7.60. The number of hydrogen-bond donors (Lipinski definition) is 2. The van der Waals surface area contributed by atoms with Gasteiger partial charge in [0.15, 0.2) is 0 Å². The summed E-state index contributed by atoms with van der Waals surface area (Å²) >= 11 is 12.3. The third kappa shape index (κ3) is 4.42. The molecule has 112 valence electrons. The molecule has 3 nitrogen and oxygen atoms in total. The number of nitrogens with zero attached hydrogens (tertiary/aromatic N) is 1. The molecule has 1 heterocycles. The Morgan fingerprint density at radius 3 is 2.45 bits per heavy atom. The Morgan fingerprint density at radius 1 is 1.15 bits per heavy atom. The van der Waals surface area contributed by atoms with E-state index in [1.54, 1.807) is 6.07 Å². The molecule has 1 aliphatic carbocycles. The highest BCUT2D eigenvalue weighted by Gasteiger charge is 2.14. The zero-order valence-electron chi connectivity index (χ0n) is 12.0. The molecule has 1 saturated carbocycles. The maximum absolute atomic E-state index is 6.17. The summed E-state index contributed by atoms with van der Waals surface area (Å²) in [4.78, 5) is 4.44. The van der Waals surface area contributed by atoms with Crippen molar-refractivity contribution in [3.8, 4) is 0 Å². The summed E-state index contributed by atoms with van der Waals surface area (Å²) < 4.78 is 0. The minimum atomic E-state index is 0.563. The minimum Gasteiger partial charge on any atom is -0.369 e. The molecule has 0 saturated heterocycles. The van der Waals surface area contributed by atoms with E-state index in [1.165, 1.54) is 38.5 Å². The predicted molar refractivity (Wildman–Crippen MR) is 88.1 cm³/mol. The molecule has 2 N–H and O–H groups in total. The number of hydrogen-bond acceptors (Lipinski definition) is 3. The number of pyridine rings is 1. The molecule has 20 heavy (non-hydrogen) atoms. The highest BCUT2D eigenvalue weighted by atomic mass is 35.5. The maximum Gasteiger partial charge on any atom is 0.147 e. The standard InChI is InChI=1S/C15H23Cl2N3/c1-2-18-14-12(16)10-13(17)15(20-14)19-9-5-8-11-6-3-4-7-11/h10-11H,2-9H2,1H3,(H2,18,19,20). The van der Waals surface area contributed by atoms with Crippen molar-refractivity contribution in [2.24, 2.45) is 5.92 Å². The van der Waals surface area contributed by atoms with Gasteiger partial charge >= 0.3 is 0 Å². The zero-order chi connectivity index (χ0) is 14.4. The normalized spacial score (nSPS) is 15.6. The Balaban J connectivity index is 1.83. The molecule has 2 rings (SSSR count). The molecule has 1 fully saturated rings. The van der Waals surface area contributed by atoms with Crippen LogP contribution in [0.3, 0.4) is 0 Å². The molecule has 1 aliphatic rings. The molecule has 1 aromatic heterocycles. The van der Waals surface area contributed by atoms with Gasteiger partial charge in [-0.2, -0.15) is 0 Å². The van der Waals surface area contributed by atoms with E-state index in [9.17, 15) is 0 Å². The van der Waals surface area contributed by atoms with Crippen LogP contribution in [0.5, 0.6) is 0 Å². The average molecular weight is 316 g/mol. The van der Waals surface area contributed by atoms with Crippen LogP contribution in [0.15, 0.2) is 6.07 Å². The second-order valence-electron chi connectivity index (χ2n) is 5.40. The molecule has 0 aliphatic heterocycles. The van der Waals surface area contributed by atoms with Gasteiger partial charge in [0.2, 0.25) is 0 Å². The smallest absolute Gasteiger partial charge is 0.147 e. The van der Waals surface area contributed by atoms with E-state index in [1.807, 2.05) is 6.92 Å². The molecule has 1 aromatic rings. The maximum atomic E-state index is 6.17. The number of halogens is 2. The molecule has 0 bridgehead atoms. The van der Waals surface area contributed by atoms with E-state index in [4.69, 9.17) is 23.2 Å². The summed E-state index contributed by atoms with van der Waals surface area (Å²) in [5.41, 5.74) is 0. The van der Waals surface area contributed by atoms with E-state index in [-0.39, 0.29) is 0 Å². The van der Waals surface area contributed by atoms with Crippen molar-refractivity contribution in [3.63, 3.8) is 0 Å². The molecule has 0 spiro atoms. The number of rotatable bonds is 7. The minimum absolute atomic E-state index is 0.563. The van der Waals surface area contributed by atoms with Crippen molar-refractivity contribution in [1.29, 1.82) is 0 Å². The van der Waals surface area contributed by atoms with Crippen LogP contribution in [0.25, 0.3) is 0 Å². The van der Waals surface area contributed by atoms with Crippen LogP contribution in [-0.4, -0.2) is 18.1 Å². The lowest BCUT2D eigenvalue weighted by Gasteiger charge is -2.13. The molecule has 0 unspecified atom stereocenters. The van der Waals surface area contributed by atoms with Gasteiger partial charge < -0.3 is 10.6 Å². The van der Waals surface area contributed by atoms with Crippen LogP contribution in [-0.2, 0) is 0 Å². The monoisotopic (exact) mass is 315 g/mol. The summed E-state index contributed by atoms with van der Waals surface area (Å²) in [6.07, 6.45) is 8.11. The Hall–Kier alpha value is -0.670. The van der Waals surface area contributed by atoms with E-state index in [2.05, 4.69) is 15.6 Å². The van der Waals surface area contributed by atoms with E-state index >= 15 is 0 Å². The topological polar surface area (TPSA) is 37.0 Å². The molecule has 5 heteroatoms. The quantitative estimate of drug-likeness (QED) is 0.679. The second kappa shape index (κ2) is 7.94. The number of nitrogens with one attached hydrogen (secondary N) is 2. The van der Waals surface area contributed by atoms with Crippen molar-refractivity contribution in [1.82, 2.24) is 4.98 Å². The summed E-state index contributed by atoms with van der Waals surface area (Å²) in [5.74, 6) is 2.35. The van der Waals surface area contributed by atoms with Gasteiger partial charge in [-0.15, -0.1) is 0 Å². The van der Waals surface area contributed by atoms with Crippen molar-refractivity contribution >= 4 is 34.8 Å². The third-order valence-electron chi connectivity index (χ3n) is 3.83. The first-order valence-electron chi connectivity index (χ1n) is 7.54. The van der Waals surface area contributed by atoms with Crippen LogP contribution in [0, 0.1) is 5.92 Å². The third-order valence-corrected chi connectivity index (χ3v) is 4.41. The highest BCUT2D eigenvalue weighted by molar-refractivity contribution is 6.37. The van der Waals surface area contributed by atoms with Crippen LogP contribution in [0.4, 0.5) is 11.6 Å². The lowest BCUT2D eigenvalue weighted by Crippen LogP contribution is -2.08. The van der Waals surface area contributed by atoms with Crippen molar-refractivity contribution in [2.75, 3.05) is 23.7 Å². The Labute approximate surface area is 131 Å². The molecular weight excluding hydrogens is 293 g/mol. The largest absolute Gasteiger partial charge is 0.369 e. The van der Waals surface area contributed by atoms with Crippen LogP contribution in [0.1, 0.15) is 45.4 Å². The Morgan fingerprint density at radius 2 is 1.80 bits per heavy atom. The second-order valence-corrected chi connectivity index (χ2v) is 6.21. The van der Waals surface area contributed by atoms with Crippen LogP contribution >= 0.6 is 23.2 Å². The first-order chi connectivity index (χ1) is 9.70. The first-order valence-corrected chi connectivity index (χ1v) is 8.30. The first kappa shape index (κ1) is 15.7. The Bertz CT molecular complexity index is 431. The van der Waals surface area contributed by atoms with Crippen molar-refractivity contribution < 1.29 is 0 Å². The summed E-state index contributed by atoms with van der Waals surface area (Å²) in [6, 6.07) is 1.74. The Kier molecular flexibility index (Phi) is 6.24. The van der Waals surface area contributed by atoms with E-state index in [0.29, 0.717) is 15.9 Å². The van der Waals surface area contributed by atoms with Crippen molar-refractivity contribution in [2.45, 2.75) is 45.4 Å². The van der Waals surface area contributed by atoms with Gasteiger partial charge in [0.1, 0.15) is 11.6 Å². The SMILES string of the molecule is CCNc1nc(NCCCC2CCCC2)c(Cl)cc1Cl. The van der Waals surface area contributed by atoms with E-state index in [0.717, 1.165) is 24.8 Å². The molecule has 0 aromatic carbocycles. The average Bonchev–Trinajstić information content (AvgIpc) is 2.92.